The van der Waals surface area contributed by atoms with Crippen molar-refractivity contribution in [2.24, 2.45) is 0 Å². The highest BCUT2D eigenvalue weighted by Gasteiger charge is 2.13. The molecule has 6 nitrogen and oxygen atoms in total. The van der Waals surface area contributed by atoms with Crippen molar-refractivity contribution in [3.8, 4) is 11.4 Å². The molecule has 33 heavy (non-hydrogen) atoms. The van der Waals surface area contributed by atoms with E-state index in [1.54, 1.807) is 22.9 Å². The Labute approximate surface area is 196 Å². The summed E-state index contributed by atoms with van der Waals surface area (Å²) in [6, 6.07) is 14.7. The Morgan fingerprint density at radius 3 is 2.45 bits per heavy atom. The number of methoxy groups -OCH3 is 1. The Morgan fingerprint density at radius 2 is 1.79 bits per heavy atom. The van der Waals surface area contributed by atoms with Crippen LogP contribution < -0.4 is 15.6 Å². The second-order valence-electron chi connectivity index (χ2n) is 7.89. The molecule has 0 amide bonds. The number of hydrogen-bond acceptors (Lipinski definition) is 4. The van der Waals surface area contributed by atoms with Crippen LogP contribution in [0, 0.1) is 26.6 Å². The number of rotatable bonds is 6. The van der Waals surface area contributed by atoms with E-state index in [0.717, 1.165) is 33.9 Å². The van der Waals surface area contributed by atoms with E-state index in [9.17, 15) is 9.18 Å². The molecule has 4 rings (SSSR count). The molecule has 0 fully saturated rings. The van der Waals surface area contributed by atoms with Crippen molar-refractivity contribution < 1.29 is 9.13 Å². The Bertz CT molecular complexity index is 1370. The minimum atomic E-state index is -0.489. The normalized spacial score (nSPS) is 11.0. The molecule has 0 aliphatic rings. The molecule has 0 unspecified atom stereocenters. The van der Waals surface area contributed by atoms with Crippen LogP contribution in [-0.2, 0) is 6.54 Å². The Balaban J connectivity index is 1.76. The molecule has 0 bridgehead atoms. The number of ether oxygens (including phenoxy) is 1. The second-order valence-corrected chi connectivity index (χ2v) is 8.30. The number of nitrogens with zero attached hydrogens (tertiary/aromatic N) is 3. The van der Waals surface area contributed by atoms with Crippen molar-refractivity contribution in [3.63, 3.8) is 0 Å². The largest absolute Gasteiger partial charge is 0.490 e. The molecule has 0 atom stereocenters. The van der Waals surface area contributed by atoms with Gasteiger partial charge in [0.05, 0.1) is 24.9 Å². The number of aryl methyl sites for hydroxylation is 3. The van der Waals surface area contributed by atoms with Crippen molar-refractivity contribution in [2.75, 3.05) is 12.4 Å². The fourth-order valence-corrected chi connectivity index (χ4v) is 3.95. The van der Waals surface area contributed by atoms with E-state index in [-0.39, 0.29) is 10.8 Å². The average Bonchev–Trinajstić information content (AvgIpc) is 3.12. The van der Waals surface area contributed by atoms with Crippen molar-refractivity contribution in [3.05, 3.63) is 98.4 Å². The molecule has 0 aliphatic carbocycles. The van der Waals surface area contributed by atoms with Crippen molar-refractivity contribution in [1.29, 1.82) is 0 Å². The van der Waals surface area contributed by atoms with Crippen LogP contribution >= 0.6 is 11.6 Å². The van der Waals surface area contributed by atoms with Crippen LogP contribution in [0.3, 0.4) is 0 Å². The summed E-state index contributed by atoms with van der Waals surface area (Å²) >= 11 is 5.95. The van der Waals surface area contributed by atoms with E-state index >= 15 is 0 Å². The SMILES string of the molecule is COc1cn(Cc2ccc(F)c(Cl)c2)c(Nc2cc(-n3c(C)ccc3C)ccc2C)nc1=O. The van der Waals surface area contributed by atoms with E-state index in [1.165, 1.54) is 13.2 Å². The summed E-state index contributed by atoms with van der Waals surface area (Å²) in [6.07, 6.45) is 1.58. The Hall–Kier alpha value is -3.58. The lowest BCUT2D eigenvalue weighted by Gasteiger charge is -2.18. The van der Waals surface area contributed by atoms with Gasteiger partial charge in [-0.15, -0.1) is 0 Å². The third-order valence-corrected chi connectivity index (χ3v) is 5.81. The van der Waals surface area contributed by atoms with Gasteiger partial charge in [-0.05, 0) is 68.3 Å². The number of aromatic nitrogens is 3. The van der Waals surface area contributed by atoms with Gasteiger partial charge in [-0.25, -0.2) is 4.39 Å². The molecule has 2 heterocycles. The zero-order chi connectivity index (χ0) is 23.7. The molecule has 0 aliphatic heterocycles. The number of anilines is 2. The van der Waals surface area contributed by atoms with E-state index in [1.807, 2.05) is 19.1 Å². The molecule has 170 valence electrons. The molecule has 1 N–H and O–H groups in total. The zero-order valence-electron chi connectivity index (χ0n) is 18.8. The predicted octanol–water partition coefficient (Wildman–Crippen LogP) is 5.55. The lowest BCUT2D eigenvalue weighted by atomic mass is 10.1. The van der Waals surface area contributed by atoms with Crippen molar-refractivity contribution in [2.45, 2.75) is 27.3 Å². The molecular formula is C25H24ClFN4O2. The zero-order valence-corrected chi connectivity index (χ0v) is 19.6. The van der Waals surface area contributed by atoms with Crippen LogP contribution in [0.15, 0.2) is 59.5 Å². The summed E-state index contributed by atoms with van der Waals surface area (Å²) in [4.78, 5) is 16.6. The highest BCUT2D eigenvalue weighted by molar-refractivity contribution is 6.30. The summed E-state index contributed by atoms with van der Waals surface area (Å²) in [7, 11) is 1.42. The van der Waals surface area contributed by atoms with Gasteiger partial charge in [-0.3, -0.25) is 4.79 Å². The first kappa shape index (κ1) is 22.6. The number of benzene rings is 2. The van der Waals surface area contributed by atoms with Crippen LogP contribution in [0.2, 0.25) is 5.02 Å². The standard InChI is InChI=1S/C25H24ClFN4O2/c1-15-5-9-19(31-16(2)6-7-17(31)3)12-22(15)28-25-29-24(32)23(33-4)14-30(25)13-18-8-10-21(27)20(26)11-18/h5-12,14H,13H2,1-4H3,(H,28,29,32). The highest BCUT2D eigenvalue weighted by atomic mass is 35.5. The minimum Gasteiger partial charge on any atom is -0.490 e. The van der Waals surface area contributed by atoms with E-state index in [2.05, 4.69) is 46.9 Å². The maximum atomic E-state index is 13.6. The quantitative estimate of drug-likeness (QED) is 0.404. The number of nitrogens with one attached hydrogen (secondary N) is 1. The topological polar surface area (TPSA) is 61.1 Å². The molecule has 8 heteroatoms. The lowest BCUT2D eigenvalue weighted by molar-refractivity contribution is 0.402. The molecule has 0 spiro atoms. The third kappa shape index (κ3) is 4.64. The van der Waals surface area contributed by atoms with Gasteiger partial charge < -0.3 is 19.2 Å². The minimum absolute atomic E-state index is 0.0315. The van der Waals surface area contributed by atoms with Gasteiger partial charge in [0.15, 0.2) is 0 Å². The van der Waals surface area contributed by atoms with E-state index in [4.69, 9.17) is 16.3 Å². The van der Waals surface area contributed by atoms with Crippen LogP contribution in [0.4, 0.5) is 16.0 Å². The number of halogens is 2. The first-order chi connectivity index (χ1) is 15.8. The third-order valence-electron chi connectivity index (χ3n) is 5.52. The van der Waals surface area contributed by atoms with Gasteiger partial charge in [-0.1, -0.05) is 23.7 Å². The second kappa shape index (κ2) is 9.11. The van der Waals surface area contributed by atoms with Crippen LogP contribution in [0.1, 0.15) is 22.5 Å². The fourth-order valence-electron chi connectivity index (χ4n) is 3.75. The summed E-state index contributed by atoms with van der Waals surface area (Å²) < 4.78 is 22.7. The van der Waals surface area contributed by atoms with Crippen molar-refractivity contribution in [1.82, 2.24) is 14.1 Å². The van der Waals surface area contributed by atoms with Gasteiger partial charge in [0.1, 0.15) is 5.82 Å². The van der Waals surface area contributed by atoms with Gasteiger partial charge in [0.2, 0.25) is 11.7 Å². The summed E-state index contributed by atoms with van der Waals surface area (Å²) in [6.45, 7) is 6.39. The van der Waals surface area contributed by atoms with Gasteiger partial charge in [-0.2, -0.15) is 4.98 Å². The van der Waals surface area contributed by atoms with Crippen LogP contribution in [0.5, 0.6) is 5.75 Å². The monoisotopic (exact) mass is 466 g/mol. The van der Waals surface area contributed by atoms with Gasteiger partial charge in [0, 0.05) is 22.8 Å². The smallest absolute Gasteiger partial charge is 0.316 e. The van der Waals surface area contributed by atoms with E-state index in [0.29, 0.717) is 12.5 Å². The fraction of sp³-hybridized carbons (Fsp3) is 0.200. The van der Waals surface area contributed by atoms with Gasteiger partial charge in [0.25, 0.3) is 0 Å². The summed E-state index contributed by atoms with van der Waals surface area (Å²) in [5, 5.41) is 3.33. The molecule has 0 saturated carbocycles. The molecule has 0 radical (unpaired) electrons. The molecule has 4 aromatic rings. The maximum absolute atomic E-state index is 13.6. The van der Waals surface area contributed by atoms with Crippen molar-refractivity contribution >= 4 is 23.2 Å². The molecular weight excluding hydrogens is 443 g/mol. The first-order valence-corrected chi connectivity index (χ1v) is 10.8. The predicted molar refractivity (Wildman–Crippen MR) is 129 cm³/mol. The number of hydrogen-bond donors (Lipinski definition) is 1. The summed E-state index contributed by atoms with van der Waals surface area (Å²) in [5.41, 5.74) is 5.30. The van der Waals surface area contributed by atoms with E-state index < -0.39 is 11.4 Å². The first-order valence-electron chi connectivity index (χ1n) is 10.4. The van der Waals surface area contributed by atoms with Crippen LogP contribution in [0.25, 0.3) is 5.69 Å². The molecule has 2 aromatic heterocycles. The molecule has 2 aromatic carbocycles. The molecule has 0 saturated heterocycles. The van der Waals surface area contributed by atoms with Crippen LogP contribution in [-0.4, -0.2) is 21.2 Å². The maximum Gasteiger partial charge on any atom is 0.316 e. The van der Waals surface area contributed by atoms with Gasteiger partial charge >= 0.3 is 5.56 Å². The Morgan fingerprint density at radius 1 is 1.06 bits per heavy atom. The highest BCUT2D eigenvalue weighted by Crippen LogP contribution is 2.26. The average molecular weight is 467 g/mol. The summed E-state index contributed by atoms with van der Waals surface area (Å²) in [5.74, 6) is -0.0438. The lowest BCUT2D eigenvalue weighted by Crippen LogP contribution is -2.19. The Kier molecular flexibility index (Phi) is 6.24.